The zero-order valence-corrected chi connectivity index (χ0v) is 12.4. The van der Waals surface area contributed by atoms with Gasteiger partial charge in [0.25, 0.3) is 0 Å². The Morgan fingerprint density at radius 2 is 1.33 bits per heavy atom. The summed E-state index contributed by atoms with van der Waals surface area (Å²) in [7, 11) is 0. The predicted molar refractivity (Wildman–Crippen MR) is 81.1 cm³/mol. The molecule has 4 nitrogen and oxygen atoms in total. The maximum Gasteiger partial charge on any atom is 0.125 e. The highest BCUT2D eigenvalue weighted by atomic mass is 16.3. The summed E-state index contributed by atoms with van der Waals surface area (Å²) in [6.07, 6.45) is 0.519. The Kier molecular flexibility index (Phi) is 3.98. The van der Waals surface area contributed by atoms with Gasteiger partial charge in [-0.05, 0) is 49.4 Å². The first-order chi connectivity index (χ1) is 9.82. The molecule has 0 heterocycles. The average Bonchev–Trinajstić information content (AvgIpc) is 2.45. The predicted octanol–water partition coefficient (Wildman–Crippen LogP) is 3.47. The molecule has 0 aliphatic carbocycles. The summed E-state index contributed by atoms with van der Waals surface area (Å²) in [6.45, 7) is 5.25. The molecular formula is C17H20O4. The lowest BCUT2D eigenvalue weighted by Crippen LogP contribution is -2.01. The van der Waals surface area contributed by atoms with Crippen molar-refractivity contribution in [1.82, 2.24) is 0 Å². The fraction of sp³-hybridized carbons (Fsp3) is 0.294. The standard InChI is InChI=1S/C17H20O4/c1-9(13-5-7-15(19)11(3)17(13)21)8-12-4-6-14(18)10(2)16(12)20/h4-7,9,18-21H,8H2,1-3H3. The van der Waals surface area contributed by atoms with Gasteiger partial charge < -0.3 is 20.4 Å². The van der Waals surface area contributed by atoms with Crippen LogP contribution in [0.2, 0.25) is 0 Å². The fourth-order valence-electron chi connectivity index (χ4n) is 2.46. The van der Waals surface area contributed by atoms with Gasteiger partial charge in [0.2, 0.25) is 0 Å². The van der Waals surface area contributed by atoms with E-state index in [1.807, 2.05) is 6.92 Å². The Morgan fingerprint density at radius 3 is 1.95 bits per heavy atom. The largest absolute Gasteiger partial charge is 0.508 e. The SMILES string of the molecule is Cc1c(O)ccc(CC(C)c2ccc(O)c(C)c2O)c1O. The van der Waals surface area contributed by atoms with Gasteiger partial charge in [0, 0.05) is 11.1 Å². The Bertz CT molecular complexity index is 677. The van der Waals surface area contributed by atoms with Crippen LogP contribution < -0.4 is 0 Å². The summed E-state index contributed by atoms with van der Waals surface area (Å²) in [4.78, 5) is 0. The van der Waals surface area contributed by atoms with Crippen molar-refractivity contribution in [3.8, 4) is 23.0 Å². The molecule has 21 heavy (non-hydrogen) atoms. The number of benzene rings is 2. The Balaban J connectivity index is 2.33. The Hall–Kier alpha value is -2.36. The molecule has 2 rings (SSSR count). The van der Waals surface area contributed by atoms with Crippen molar-refractivity contribution in [3.05, 3.63) is 46.5 Å². The third kappa shape index (κ3) is 2.75. The zero-order chi connectivity index (χ0) is 15.7. The van der Waals surface area contributed by atoms with E-state index in [0.717, 1.165) is 5.56 Å². The highest BCUT2D eigenvalue weighted by Gasteiger charge is 2.17. The van der Waals surface area contributed by atoms with Crippen LogP contribution in [-0.2, 0) is 6.42 Å². The summed E-state index contributed by atoms with van der Waals surface area (Å²) in [5.41, 5.74) is 2.33. The van der Waals surface area contributed by atoms with Gasteiger partial charge in [0.15, 0.2) is 0 Å². The zero-order valence-electron chi connectivity index (χ0n) is 12.4. The molecule has 0 spiro atoms. The third-order valence-corrected chi connectivity index (χ3v) is 3.98. The van der Waals surface area contributed by atoms with Crippen molar-refractivity contribution in [2.24, 2.45) is 0 Å². The van der Waals surface area contributed by atoms with Crippen LogP contribution in [0.1, 0.15) is 35.1 Å². The van der Waals surface area contributed by atoms with Gasteiger partial charge in [-0.1, -0.05) is 19.1 Å². The molecule has 0 bridgehead atoms. The van der Waals surface area contributed by atoms with Crippen molar-refractivity contribution in [3.63, 3.8) is 0 Å². The van der Waals surface area contributed by atoms with Gasteiger partial charge in [0.1, 0.15) is 23.0 Å². The van der Waals surface area contributed by atoms with Crippen LogP contribution in [0.3, 0.4) is 0 Å². The number of hydrogen-bond acceptors (Lipinski definition) is 4. The molecule has 0 aromatic heterocycles. The molecule has 0 aliphatic heterocycles. The summed E-state index contributed by atoms with van der Waals surface area (Å²) in [5.74, 6) is 0.243. The van der Waals surface area contributed by atoms with Crippen molar-refractivity contribution in [2.75, 3.05) is 0 Å². The fourth-order valence-corrected chi connectivity index (χ4v) is 2.46. The van der Waals surface area contributed by atoms with E-state index in [9.17, 15) is 20.4 Å². The number of phenols is 4. The van der Waals surface area contributed by atoms with Crippen LogP contribution in [0.5, 0.6) is 23.0 Å². The van der Waals surface area contributed by atoms with Gasteiger partial charge in [0.05, 0.1) is 0 Å². The van der Waals surface area contributed by atoms with Crippen LogP contribution in [0.25, 0.3) is 0 Å². The summed E-state index contributed by atoms with van der Waals surface area (Å²) in [5, 5.41) is 39.4. The maximum absolute atomic E-state index is 10.1. The molecule has 1 atom stereocenters. The van der Waals surface area contributed by atoms with E-state index < -0.39 is 0 Å². The Labute approximate surface area is 123 Å². The number of hydrogen-bond donors (Lipinski definition) is 4. The maximum atomic E-state index is 10.1. The number of phenolic OH excluding ortho intramolecular Hbond substituents is 4. The molecule has 0 radical (unpaired) electrons. The van der Waals surface area contributed by atoms with Crippen molar-refractivity contribution >= 4 is 0 Å². The lowest BCUT2D eigenvalue weighted by atomic mass is 9.90. The van der Waals surface area contributed by atoms with Crippen LogP contribution in [0.15, 0.2) is 24.3 Å². The van der Waals surface area contributed by atoms with E-state index in [2.05, 4.69) is 0 Å². The lowest BCUT2D eigenvalue weighted by molar-refractivity contribution is 0.430. The highest BCUT2D eigenvalue weighted by molar-refractivity contribution is 5.51. The van der Waals surface area contributed by atoms with Gasteiger partial charge >= 0.3 is 0 Å². The third-order valence-electron chi connectivity index (χ3n) is 3.98. The van der Waals surface area contributed by atoms with E-state index in [-0.39, 0.29) is 28.9 Å². The minimum absolute atomic E-state index is 0.0425. The molecule has 1 unspecified atom stereocenters. The summed E-state index contributed by atoms with van der Waals surface area (Å²) in [6, 6.07) is 6.48. The van der Waals surface area contributed by atoms with Crippen LogP contribution in [0, 0.1) is 13.8 Å². The van der Waals surface area contributed by atoms with E-state index in [0.29, 0.717) is 23.1 Å². The van der Waals surface area contributed by atoms with Gasteiger partial charge in [-0.15, -0.1) is 0 Å². The first-order valence-electron chi connectivity index (χ1n) is 6.84. The molecular weight excluding hydrogens is 268 g/mol. The second kappa shape index (κ2) is 5.56. The van der Waals surface area contributed by atoms with E-state index in [4.69, 9.17) is 0 Å². The summed E-state index contributed by atoms with van der Waals surface area (Å²) >= 11 is 0. The van der Waals surface area contributed by atoms with Crippen molar-refractivity contribution in [2.45, 2.75) is 33.1 Å². The molecule has 0 aliphatic rings. The van der Waals surface area contributed by atoms with Crippen molar-refractivity contribution < 1.29 is 20.4 Å². The molecule has 2 aromatic carbocycles. The monoisotopic (exact) mass is 288 g/mol. The second-order valence-corrected chi connectivity index (χ2v) is 5.47. The molecule has 4 N–H and O–H groups in total. The minimum Gasteiger partial charge on any atom is -0.508 e. The van der Waals surface area contributed by atoms with Crippen molar-refractivity contribution in [1.29, 1.82) is 0 Å². The molecule has 4 heteroatoms. The molecule has 2 aromatic rings. The van der Waals surface area contributed by atoms with Crippen LogP contribution in [0.4, 0.5) is 0 Å². The first kappa shape index (κ1) is 15.0. The van der Waals surface area contributed by atoms with E-state index >= 15 is 0 Å². The normalized spacial score (nSPS) is 12.3. The smallest absolute Gasteiger partial charge is 0.125 e. The van der Waals surface area contributed by atoms with Crippen LogP contribution >= 0.6 is 0 Å². The second-order valence-electron chi connectivity index (χ2n) is 5.47. The quantitative estimate of drug-likeness (QED) is 0.697. The lowest BCUT2D eigenvalue weighted by Gasteiger charge is -2.17. The summed E-state index contributed by atoms with van der Waals surface area (Å²) < 4.78 is 0. The molecule has 0 saturated carbocycles. The number of aromatic hydroxyl groups is 4. The highest BCUT2D eigenvalue weighted by Crippen LogP contribution is 2.37. The Morgan fingerprint density at radius 1 is 0.810 bits per heavy atom. The van der Waals surface area contributed by atoms with E-state index in [1.165, 1.54) is 0 Å². The van der Waals surface area contributed by atoms with Gasteiger partial charge in [-0.2, -0.15) is 0 Å². The minimum atomic E-state index is -0.0425. The topological polar surface area (TPSA) is 80.9 Å². The first-order valence-corrected chi connectivity index (χ1v) is 6.84. The van der Waals surface area contributed by atoms with Gasteiger partial charge in [-0.25, -0.2) is 0 Å². The number of rotatable bonds is 3. The van der Waals surface area contributed by atoms with E-state index in [1.54, 1.807) is 38.1 Å². The average molecular weight is 288 g/mol. The molecule has 0 amide bonds. The molecule has 0 saturated heterocycles. The molecule has 112 valence electrons. The van der Waals surface area contributed by atoms with Crippen LogP contribution in [-0.4, -0.2) is 20.4 Å². The van der Waals surface area contributed by atoms with Gasteiger partial charge in [-0.3, -0.25) is 0 Å². The molecule has 0 fully saturated rings.